The van der Waals surface area contributed by atoms with Crippen molar-refractivity contribution in [2.45, 2.75) is 0 Å². The Labute approximate surface area is 60.5 Å². The van der Waals surface area contributed by atoms with Crippen LogP contribution in [0.5, 0.6) is 0 Å². The monoisotopic (exact) mass is 146 g/mol. The van der Waals surface area contributed by atoms with E-state index in [1.807, 2.05) is 0 Å². The van der Waals surface area contributed by atoms with Crippen LogP contribution in [0, 0.1) is 0 Å². The van der Waals surface area contributed by atoms with Gasteiger partial charge in [0, 0.05) is 19.5 Å². The van der Waals surface area contributed by atoms with Crippen LogP contribution in [0.25, 0.3) is 0 Å². The molecule has 0 aliphatic heterocycles. The van der Waals surface area contributed by atoms with Crippen LogP contribution in [0.15, 0.2) is 8.20 Å². The molecule has 0 saturated heterocycles. The summed E-state index contributed by atoms with van der Waals surface area (Å²) >= 11 is 4.19. The summed E-state index contributed by atoms with van der Waals surface area (Å²) in [5.41, 5.74) is 0. The molecular formula is Al2N2Zn. The Morgan fingerprint density at radius 3 is 1.20 bits per heavy atom. The van der Waals surface area contributed by atoms with E-state index < -0.39 is 0 Å². The second-order valence-corrected chi connectivity index (χ2v) is 0.693. The van der Waals surface area contributed by atoms with Crippen molar-refractivity contribution in [1.82, 2.24) is 0 Å². The van der Waals surface area contributed by atoms with Gasteiger partial charge in [-0.25, -0.2) is 0 Å². The van der Waals surface area contributed by atoms with E-state index >= 15 is 0 Å². The summed E-state index contributed by atoms with van der Waals surface area (Å²) in [6.07, 6.45) is 0. The van der Waals surface area contributed by atoms with Crippen LogP contribution in [-0.4, -0.2) is 33.0 Å². The summed E-state index contributed by atoms with van der Waals surface area (Å²) in [5, 5.41) is 0. The average Bonchev–Trinajstić information content (AvgIpc) is 1.37. The standard InChI is InChI=1S/2Al.N2.Zn/c;;1-2;/q2*+1;-2;. The van der Waals surface area contributed by atoms with Gasteiger partial charge in [-0.05, 0) is 0 Å². The second kappa shape index (κ2) is 8.99. The fourth-order valence-electron chi connectivity index (χ4n) is 0. The maximum atomic E-state index is 3.24. The van der Waals surface area contributed by atoms with Crippen LogP contribution in [0.2, 0.25) is 0 Å². The molecule has 0 fully saturated rings. The largest absolute Gasteiger partial charge is 0.380 e. The molecule has 2 nitrogen and oxygen atoms in total. The van der Waals surface area contributed by atoms with Gasteiger partial charge in [-0.3, -0.25) is 0 Å². The van der Waals surface area contributed by atoms with Gasteiger partial charge in [0.15, 0.2) is 0 Å². The van der Waals surface area contributed by atoms with Crippen LogP contribution in [-0.2, 0) is 19.5 Å². The zero-order valence-corrected chi connectivity index (χ0v) is 8.03. The first-order chi connectivity index (χ1) is 1.91. The first-order valence-electron chi connectivity index (χ1n) is 0.716. The minimum Gasteiger partial charge on any atom is -0.380 e. The maximum Gasteiger partial charge on any atom is 0.380 e. The molecule has 0 aromatic rings. The van der Waals surface area contributed by atoms with E-state index in [-0.39, 0.29) is 19.5 Å². The van der Waals surface area contributed by atoms with Gasteiger partial charge >= 0.3 is 33.0 Å². The quantitative estimate of drug-likeness (QED) is 0.329. The van der Waals surface area contributed by atoms with Gasteiger partial charge in [-0.1, -0.05) is 0 Å². The summed E-state index contributed by atoms with van der Waals surface area (Å²) in [5.74, 6) is 0. The Morgan fingerprint density at radius 2 is 1.20 bits per heavy atom. The van der Waals surface area contributed by atoms with E-state index in [4.69, 9.17) is 0 Å². The first-order valence-corrected chi connectivity index (χ1v) is 1.75. The van der Waals surface area contributed by atoms with Gasteiger partial charge in [0.1, 0.15) is 0 Å². The first kappa shape index (κ1) is 9.56. The Morgan fingerprint density at radius 1 is 1.00 bits per heavy atom. The minimum absolute atomic E-state index is 0. The van der Waals surface area contributed by atoms with Gasteiger partial charge < -0.3 is 8.20 Å². The molecule has 0 atom stereocenters. The van der Waals surface area contributed by atoms with Crippen molar-refractivity contribution in [3.05, 3.63) is 0 Å². The van der Waals surface area contributed by atoms with Gasteiger partial charge in [0.25, 0.3) is 0 Å². The van der Waals surface area contributed by atoms with E-state index in [9.17, 15) is 0 Å². The van der Waals surface area contributed by atoms with Gasteiger partial charge in [-0.15, -0.1) is 0 Å². The number of nitrogens with zero attached hydrogens (tertiary/aromatic N) is 2. The van der Waals surface area contributed by atoms with E-state index in [1.54, 1.807) is 0 Å². The molecule has 0 rings (SSSR count). The molecule has 0 bridgehead atoms. The van der Waals surface area contributed by atoms with Crippen molar-refractivity contribution in [2.75, 3.05) is 0 Å². The topological polar surface area (TPSA) is 24.7 Å². The number of hydrogen-bond acceptors (Lipinski definition) is 2. The number of hydrogen-bond donors (Lipinski definition) is 0. The molecule has 0 N–H and O–H groups in total. The molecule has 0 unspecified atom stereocenters. The molecule has 0 aromatic carbocycles. The molecule has 5 heteroatoms. The van der Waals surface area contributed by atoms with E-state index in [0.29, 0.717) is 0 Å². The minimum atomic E-state index is 0. The third-order valence-electron chi connectivity index (χ3n) is 0.0667. The Kier molecular flexibility index (Phi) is 17.2. The van der Waals surface area contributed by atoms with Crippen LogP contribution in [0.4, 0.5) is 0 Å². The van der Waals surface area contributed by atoms with Gasteiger partial charge in [0.05, 0.1) is 0 Å². The molecule has 0 aromatic heterocycles. The summed E-state index contributed by atoms with van der Waals surface area (Å²) in [7, 11) is 0. The average molecular weight is 147 g/mol. The maximum absolute atomic E-state index is 3.24. The van der Waals surface area contributed by atoms with Gasteiger partial charge in [0.2, 0.25) is 0 Å². The van der Waals surface area contributed by atoms with Crippen LogP contribution >= 0.6 is 0 Å². The fourth-order valence-corrected chi connectivity index (χ4v) is 0. The molecule has 0 spiro atoms. The van der Waals surface area contributed by atoms with E-state index in [1.165, 1.54) is 0 Å². The summed E-state index contributed by atoms with van der Waals surface area (Å²) in [4.78, 5) is 0. The predicted molar refractivity (Wildman–Crippen MR) is 16.4 cm³/mol. The van der Waals surface area contributed by atoms with Crippen LogP contribution in [0.1, 0.15) is 0 Å². The molecule has 0 aliphatic carbocycles. The zero-order chi connectivity index (χ0) is 3.41. The summed E-state index contributed by atoms with van der Waals surface area (Å²) in [6, 6.07) is 0. The van der Waals surface area contributed by atoms with Crippen molar-refractivity contribution in [3.8, 4) is 0 Å². The molecular weight excluding hydrogens is 147 g/mol. The predicted octanol–water partition coefficient (Wildman–Crippen LogP) is -0.397. The third kappa shape index (κ3) is 10.9. The summed E-state index contributed by atoms with van der Waals surface area (Å²) in [6.45, 7) is 0. The Hall–Kier alpha value is 1.29. The second-order valence-electron chi connectivity index (χ2n) is 0.231. The summed E-state index contributed by atoms with van der Waals surface area (Å²) < 4.78 is 6.48. The number of rotatable bonds is 0. The molecule has 4 radical (unpaired) electrons. The van der Waals surface area contributed by atoms with E-state index in [0.717, 1.165) is 0 Å². The molecule has 0 heterocycles. The Balaban J connectivity index is 0. The smallest absolute Gasteiger partial charge is 0.380 e. The van der Waals surface area contributed by atoms with E-state index in [2.05, 4.69) is 41.2 Å². The van der Waals surface area contributed by atoms with Crippen LogP contribution in [0.3, 0.4) is 0 Å². The molecule has 18 valence electrons. The van der Waals surface area contributed by atoms with Crippen molar-refractivity contribution in [2.24, 2.45) is 8.20 Å². The van der Waals surface area contributed by atoms with Crippen molar-refractivity contribution in [3.63, 3.8) is 0 Å². The van der Waals surface area contributed by atoms with Gasteiger partial charge in [-0.2, -0.15) is 0 Å². The molecule has 0 amide bonds. The molecule has 0 aliphatic rings. The Bertz CT molecular complexity index is 22.8. The fraction of sp³-hybridized carbons (Fsp3) is 0. The van der Waals surface area contributed by atoms with Crippen molar-refractivity contribution >= 4 is 33.0 Å². The zero-order valence-electron chi connectivity index (χ0n) is 2.76. The van der Waals surface area contributed by atoms with Crippen molar-refractivity contribution in [1.29, 1.82) is 0 Å². The van der Waals surface area contributed by atoms with Crippen molar-refractivity contribution < 1.29 is 19.5 Å². The SMILES string of the molecule is [Al][N]=[N][Al].[Zn]. The normalized spacial score (nSPS) is 7.20. The molecule has 5 heavy (non-hydrogen) atoms. The van der Waals surface area contributed by atoms with Crippen LogP contribution < -0.4 is 0 Å². The molecule has 0 saturated carbocycles. The third-order valence-corrected chi connectivity index (χ3v) is 0.600.